The quantitative estimate of drug-likeness (QED) is 0.401. The number of hydrogen-bond donors (Lipinski definition) is 0. The molecule has 1 aliphatic rings. The van der Waals surface area contributed by atoms with E-state index in [-0.39, 0.29) is 29.1 Å². The van der Waals surface area contributed by atoms with Crippen LogP contribution in [0.4, 0.5) is 0 Å². The van der Waals surface area contributed by atoms with Crippen LogP contribution in [0.5, 0.6) is 5.75 Å². The number of benzene rings is 2. The second kappa shape index (κ2) is 9.31. The van der Waals surface area contributed by atoms with Crippen LogP contribution in [-0.2, 0) is 11.4 Å². The van der Waals surface area contributed by atoms with Gasteiger partial charge in [0.25, 0.3) is 0 Å². The zero-order chi connectivity index (χ0) is 19.1. The number of nitro groups is 1. The van der Waals surface area contributed by atoms with Crippen molar-refractivity contribution < 1.29 is 14.5 Å². The number of hydrogen-bond acceptors (Lipinski definition) is 4. The fourth-order valence-electron chi connectivity index (χ4n) is 3.79. The van der Waals surface area contributed by atoms with E-state index < -0.39 is 0 Å². The van der Waals surface area contributed by atoms with E-state index in [0.717, 1.165) is 42.6 Å². The summed E-state index contributed by atoms with van der Waals surface area (Å²) < 4.78 is 5.79. The SMILES string of the molecule is O=C1CCCCCC1C(C[N+](=O)[O-])c1ccc(OCc2ccccc2)cc1. The zero-order valence-corrected chi connectivity index (χ0v) is 15.4. The first-order valence-corrected chi connectivity index (χ1v) is 9.54. The highest BCUT2D eigenvalue weighted by Crippen LogP contribution is 2.34. The molecule has 5 nitrogen and oxygen atoms in total. The van der Waals surface area contributed by atoms with Gasteiger partial charge >= 0.3 is 0 Å². The summed E-state index contributed by atoms with van der Waals surface area (Å²) in [5, 5.41) is 11.2. The van der Waals surface area contributed by atoms with Crippen LogP contribution in [0.15, 0.2) is 54.6 Å². The van der Waals surface area contributed by atoms with Crippen molar-refractivity contribution in [3.63, 3.8) is 0 Å². The van der Waals surface area contributed by atoms with E-state index in [1.807, 2.05) is 54.6 Å². The summed E-state index contributed by atoms with van der Waals surface area (Å²) in [5.74, 6) is 0.265. The molecule has 2 atom stereocenters. The Morgan fingerprint density at radius 2 is 1.78 bits per heavy atom. The molecule has 0 N–H and O–H groups in total. The smallest absolute Gasteiger partial charge is 0.211 e. The van der Waals surface area contributed by atoms with E-state index in [4.69, 9.17) is 4.74 Å². The third-order valence-electron chi connectivity index (χ3n) is 5.24. The van der Waals surface area contributed by atoms with Crippen molar-refractivity contribution in [2.24, 2.45) is 5.92 Å². The van der Waals surface area contributed by atoms with Crippen molar-refractivity contribution in [1.82, 2.24) is 0 Å². The summed E-state index contributed by atoms with van der Waals surface area (Å²) in [4.78, 5) is 23.4. The Hall–Kier alpha value is -2.69. The molecule has 0 heterocycles. The Morgan fingerprint density at radius 1 is 1.04 bits per heavy atom. The fourth-order valence-corrected chi connectivity index (χ4v) is 3.79. The summed E-state index contributed by atoms with van der Waals surface area (Å²) in [5.41, 5.74) is 1.93. The molecule has 0 amide bonds. The van der Waals surface area contributed by atoms with Gasteiger partial charge in [-0.3, -0.25) is 14.9 Å². The third-order valence-corrected chi connectivity index (χ3v) is 5.24. The van der Waals surface area contributed by atoms with E-state index in [2.05, 4.69) is 0 Å². The summed E-state index contributed by atoms with van der Waals surface area (Å²) in [6.45, 7) is 0.264. The molecule has 2 unspecified atom stereocenters. The Bertz CT molecular complexity index is 758. The van der Waals surface area contributed by atoms with E-state index in [9.17, 15) is 14.9 Å². The van der Waals surface area contributed by atoms with Crippen LogP contribution in [0.1, 0.15) is 49.1 Å². The lowest BCUT2D eigenvalue weighted by Gasteiger charge is -2.22. The number of Topliss-reactive ketones (excluding diaryl/α,β-unsaturated/α-hetero) is 1. The van der Waals surface area contributed by atoms with Gasteiger partial charge in [0.05, 0.1) is 5.92 Å². The summed E-state index contributed by atoms with van der Waals surface area (Å²) in [6.07, 6.45) is 4.16. The van der Waals surface area contributed by atoms with E-state index in [1.54, 1.807) is 0 Å². The molecule has 0 aliphatic heterocycles. The van der Waals surface area contributed by atoms with E-state index >= 15 is 0 Å². The molecule has 0 spiro atoms. The first kappa shape index (κ1) is 19.1. The highest BCUT2D eigenvalue weighted by atomic mass is 16.6. The first-order valence-electron chi connectivity index (χ1n) is 9.54. The maximum atomic E-state index is 12.5. The maximum Gasteiger partial charge on any atom is 0.211 e. The van der Waals surface area contributed by atoms with E-state index in [0.29, 0.717) is 13.0 Å². The summed E-state index contributed by atoms with van der Waals surface area (Å²) in [7, 11) is 0. The van der Waals surface area contributed by atoms with Crippen LogP contribution in [0.25, 0.3) is 0 Å². The number of ketones is 1. The van der Waals surface area contributed by atoms with Crippen molar-refractivity contribution in [1.29, 1.82) is 0 Å². The lowest BCUT2D eigenvalue weighted by atomic mass is 9.80. The van der Waals surface area contributed by atoms with Crippen LogP contribution < -0.4 is 4.74 Å². The largest absolute Gasteiger partial charge is 0.489 e. The molecule has 27 heavy (non-hydrogen) atoms. The minimum Gasteiger partial charge on any atom is -0.489 e. The average molecular weight is 367 g/mol. The van der Waals surface area contributed by atoms with Crippen LogP contribution in [0.3, 0.4) is 0 Å². The zero-order valence-electron chi connectivity index (χ0n) is 15.4. The van der Waals surface area contributed by atoms with Crippen LogP contribution in [-0.4, -0.2) is 17.3 Å². The predicted octanol–water partition coefficient (Wildman–Crippen LogP) is 4.78. The Labute approximate surface area is 159 Å². The summed E-state index contributed by atoms with van der Waals surface area (Å²) >= 11 is 0. The van der Waals surface area contributed by atoms with E-state index in [1.165, 1.54) is 0 Å². The normalized spacial score (nSPS) is 18.5. The van der Waals surface area contributed by atoms with Gasteiger partial charge in [-0.05, 0) is 36.1 Å². The van der Waals surface area contributed by atoms with Crippen LogP contribution in [0, 0.1) is 16.0 Å². The highest BCUT2D eigenvalue weighted by Gasteiger charge is 2.33. The lowest BCUT2D eigenvalue weighted by Crippen LogP contribution is -2.27. The van der Waals surface area contributed by atoms with Crippen molar-refractivity contribution in [3.05, 3.63) is 75.8 Å². The van der Waals surface area contributed by atoms with Crippen molar-refractivity contribution in [2.75, 3.05) is 6.54 Å². The Morgan fingerprint density at radius 3 is 2.48 bits per heavy atom. The molecular formula is C22H25NO4. The van der Waals surface area contributed by atoms with Gasteiger partial charge in [-0.25, -0.2) is 0 Å². The molecule has 2 aromatic carbocycles. The number of carbonyl (C=O) groups excluding carboxylic acids is 1. The van der Waals surface area contributed by atoms with Crippen LogP contribution in [0.2, 0.25) is 0 Å². The molecular weight excluding hydrogens is 342 g/mol. The molecule has 0 aromatic heterocycles. The second-order valence-corrected chi connectivity index (χ2v) is 7.14. The standard InChI is InChI=1S/C22H25NO4/c24-22-10-6-2-5-9-20(22)21(15-23(25)26)18-11-13-19(14-12-18)27-16-17-7-3-1-4-8-17/h1,3-4,7-8,11-14,20-21H,2,5-6,9-10,15-16H2. The fraction of sp³-hybridized carbons (Fsp3) is 0.409. The van der Waals surface area contributed by atoms with Gasteiger partial charge < -0.3 is 4.74 Å². The number of nitrogens with zero attached hydrogens (tertiary/aromatic N) is 1. The Balaban J connectivity index is 1.72. The molecule has 1 saturated carbocycles. The second-order valence-electron chi connectivity index (χ2n) is 7.14. The monoisotopic (exact) mass is 367 g/mol. The van der Waals surface area contributed by atoms with Gasteiger partial charge in [0.15, 0.2) is 0 Å². The lowest BCUT2D eigenvalue weighted by molar-refractivity contribution is -0.484. The average Bonchev–Trinajstić information content (AvgIpc) is 2.90. The van der Waals surface area contributed by atoms with Crippen LogP contribution >= 0.6 is 0 Å². The predicted molar refractivity (Wildman–Crippen MR) is 103 cm³/mol. The minimum atomic E-state index is -0.367. The van der Waals surface area contributed by atoms with Crippen molar-refractivity contribution in [2.45, 2.75) is 44.6 Å². The van der Waals surface area contributed by atoms with Crippen molar-refractivity contribution >= 4 is 5.78 Å². The van der Waals surface area contributed by atoms with Gasteiger partial charge in [-0.2, -0.15) is 0 Å². The summed E-state index contributed by atoms with van der Waals surface area (Å²) in [6, 6.07) is 17.3. The minimum absolute atomic E-state index is 0.170. The Kier molecular flexibility index (Phi) is 6.58. The number of carbonyl (C=O) groups is 1. The molecule has 5 heteroatoms. The molecule has 1 fully saturated rings. The molecule has 0 saturated heterocycles. The molecule has 142 valence electrons. The van der Waals surface area contributed by atoms with Gasteiger partial charge in [0.2, 0.25) is 6.54 Å². The van der Waals surface area contributed by atoms with Gasteiger partial charge in [0.1, 0.15) is 18.1 Å². The molecule has 3 rings (SSSR count). The molecule has 0 radical (unpaired) electrons. The highest BCUT2D eigenvalue weighted by molar-refractivity contribution is 5.82. The number of ether oxygens (including phenoxy) is 1. The van der Waals surface area contributed by atoms with Crippen molar-refractivity contribution in [3.8, 4) is 5.75 Å². The third kappa shape index (κ3) is 5.39. The first-order chi connectivity index (χ1) is 13.1. The maximum absolute atomic E-state index is 12.5. The van der Waals surface area contributed by atoms with Gasteiger partial charge in [-0.15, -0.1) is 0 Å². The molecule has 1 aliphatic carbocycles. The van der Waals surface area contributed by atoms with Gasteiger partial charge in [0, 0.05) is 17.3 Å². The van der Waals surface area contributed by atoms with Gasteiger partial charge in [-0.1, -0.05) is 55.3 Å². The molecule has 0 bridgehead atoms. The molecule has 2 aromatic rings. The topological polar surface area (TPSA) is 69.4 Å². The number of rotatable bonds is 7.